The molecule has 2 aromatic heterocycles. The molecule has 3 rings (SSSR count). The Labute approximate surface area is 123 Å². The number of rotatable bonds is 7. The molecule has 21 heavy (non-hydrogen) atoms. The van der Waals surface area contributed by atoms with Gasteiger partial charge in [0.25, 0.3) is 0 Å². The van der Waals surface area contributed by atoms with Gasteiger partial charge in [-0.3, -0.25) is 9.89 Å². The van der Waals surface area contributed by atoms with Crippen LogP contribution in [0, 0.1) is 12.8 Å². The highest BCUT2D eigenvalue weighted by molar-refractivity contribution is 5.80. The molecule has 1 fully saturated rings. The van der Waals surface area contributed by atoms with Crippen molar-refractivity contribution in [2.75, 3.05) is 13.1 Å². The van der Waals surface area contributed by atoms with E-state index >= 15 is 0 Å². The number of furan rings is 1. The van der Waals surface area contributed by atoms with Gasteiger partial charge in [-0.25, -0.2) is 0 Å². The third kappa shape index (κ3) is 3.52. The largest absolute Gasteiger partial charge is 0.460 e. The molecule has 0 atom stereocenters. The van der Waals surface area contributed by atoms with E-state index in [1.165, 1.54) is 0 Å². The van der Waals surface area contributed by atoms with Crippen molar-refractivity contribution < 1.29 is 9.21 Å². The van der Waals surface area contributed by atoms with E-state index in [0.29, 0.717) is 13.1 Å². The zero-order valence-corrected chi connectivity index (χ0v) is 12.1. The molecule has 112 valence electrons. The molecular weight excluding hydrogens is 268 g/mol. The number of carbonyl (C=O) groups excluding carboxylic acids is 1. The smallest absolute Gasteiger partial charge is 0.223 e. The minimum atomic E-state index is 0.187. The summed E-state index contributed by atoms with van der Waals surface area (Å²) < 4.78 is 5.60. The number of hydrogen-bond acceptors (Lipinski definition) is 4. The van der Waals surface area contributed by atoms with Gasteiger partial charge in [0.15, 0.2) is 5.76 Å². The van der Waals surface area contributed by atoms with E-state index in [9.17, 15) is 4.79 Å². The molecule has 1 amide bonds. The minimum absolute atomic E-state index is 0.187. The van der Waals surface area contributed by atoms with Gasteiger partial charge in [0.1, 0.15) is 11.5 Å². The van der Waals surface area contributed by atoms with Gasteiger partial charge in [-0.15, -0.1) is 0 Å². The van der Waals surface area contributed by atoms with Crippen LogP contribution in [0.2, 0.25) is 0 Å². The summed E-state index contributed by atoms with van der Waals surface area (Å²) >= 11 is 0. The molecule has 0 saturated heterocycles. The maximum Gasteiger partial charge on any atom is 0.223 e. The number of amides is 1. The fourth-order valence-corrected chi connectivity index (χ4v) is 2.21. The van der Waals surface area contributed by atoms with Gasteiger partial charge < -0.3 is 15.1 Å². The van der Waals surface area contributed by atoms with Crippen LogP contribution < -0.4 is 10.6 Å². The molecule has 0 unspecified atom stereocenters. The molecule has 6 heteroatoms. The summed E-state index contributed by atoms with van der Waals surface area (Å²) in [5.41, 5.74) is 1.95. The zero-order chi connectivity index (χ0) is 14.7. The van der Waals surface area contributed by atoms with Gasteiger partial charge in [-0.1, -0.05) is 0 Å². The Morgan fingerprint density at radius 1 is 1.43 bits per heavy atom. The van der Waals surface area contributed by atoms with E-state index in [2.05, 4.69) is 20.8 Å². The lowest BCUT2D eigenvalue weighted by atomic mass is 10.2. The molecule has 1 saturated carbocycles. The van der Waals surface area contributed by atoms with Crippen LogP contribution in [0.5, 0.6) is 0 Å². The van der Waals surface area contributed by atoms with E-state index in [1.807, 2.05) is 19.1 Å². The van der Waals surface area contributed by atoms with Crippen LogP contribution in [0.15, 0.2) is 22.7 Å². The monoisotopic (exact) mass is 288 g/mol. The minimum Gasteiger partial charge on any atom is -0.460 e. The quantitative estimate of drug-likeness (QED) is 0.676. The lowest BCUT2D eigenvalue weighted by Gasteiger charge is -2.06. The average Bonchev–Trinajstić information content (AvgIpc) is 3.08. The molecule has 0 bridgehead atoms. The van der Waals surface area contributed by atoms with Gasteiger partial charge in [0.2, 0.25) is 5.91 Å². The van der Waals surface area contributed by atoms with Crippen LogP contribution in [-0.2, 0) is 11.3 Å². The average molecular weight is 288 g/mol. The second-order valence-electron chi connectivity index (χ2n) is 5.42. The van der Waals surface area contributed by atoms with E-state index < -0.39 is 0 Å². The van der Waals surface area contributed by atoms with Crippen molar-refractivity contribution in [2.45, 2.75) is 26.3 Å². The van der Waals surface area contributed by atoms with Gasteiger partial charge in [0.05, 0.1) is 6.20 Å². The SMILES string of the molecule is Cc1ccc(-c2[nH]ncc2CNCCNC(=O)C2CC2)o1. The molecule has 3 N–H and O–H groups in total. The number of aromatic nitrogens is 2. The lowest BCUT2D eigenvalue weighted by molar-refractivity contribution is -0.122. The zero-order valence-electron chi connectivity index (χ0n) is 12.1. The predicted octanol–water partition coefficient (Wildman–Crippen LogP) is 1.59. The highest BCUT2D eigenvalue weighted by atomic mass is 16.3. The Balaban J connectivity index is 1.45. The van der Waals surface area contributed by atoms with Crippen LogP contribution in [0.25, 0.3) is 11.5 Å². The number of H-pyrrole nitrogens is 1. The highest BCUT2D eigenvalue weighted by Crippen LogP contribution is 2.28. The topological polar surface area (TPSA) is 83.0 Å². The molecule has 1 aliphatic rings. The van der Waals surface area contributed by atoms with Crippen molar-refractivity contribution in [1.82, 2.24) is 20.8 Å². The summed E-state index contributed by atoms with van der Waals surface area (Å²) in [5, 5.41) is 13.3. The maximum absolute atomic E-state index is 11.5. The molecule has 0 radical (unpaired) electrons. The molecular formula is C15H20N4O2. The van der Waals surface area contributed by atoms with Crippen molar-refractivity contribution in [3.63, 3.8) is 0 Å². The lowest BCUT2D eigenvalue weighted by Crippen LogP contribution is -2.32. The standard InChI is InChI=1S/C15H20N4O2/c1-10-2-5-13(21-10)14-12(9-18-19-14)8-16-6-7-17-15(20)11-3-4-11/h2,5,9,11,16H,3-4,6-8H2,1H3,(H,17,20)(H,18,19). The van der Waals surface area contributed by atoms with Crippen LogP contribution >= 0.6 is 0 Å². The summed E-state index contributed by atoms with van der Waals surface area (Å²) in [4.78, 5) is 11.5. The molecule has 2 heterocycles. The first-order valence-corrected chi connectivity index (χ1v) is 7.31. The summed E-state index contributed by atoms with van der Waals surface area (Å²) in [5.74, 6) is 2.13. The number of aryl methyl sites for hydroxylation is 1. The van der Waals surface area contributed by atoms with Crippen molar-refractivity contribution in [3.8, 4) is 11.5 Å². The van der Waals surface area contributed by atoms with Crippen LogP contribution in [0.4, 0.5) is 0 Å². The second-order valence-corrected chi connectivity index (χ2v) is 5.42. The second kappa shape index (κ2) is 6.13. The van der Waals surface area contributed by atoms with Crippen molar-refractivity contribution in [2.24, 2.45) is 5.92 Å². The first kappa shape index (κ1) is 13.9. The van der Waals surface area contributed by atoms with Crippen LogP contribution in [-0.4, -0.2) is 29.2 Å². The number of nitrogens with zero attached hydrogens (tertiary/aromatic N) is 1. The molecule has 0 spiro atoms. The number of nitrogens with one attached hydrogen (secondary N) is 3. The van der Waals surface area contributed by atoms with E-state index in [-0.39, 0.29) is 11.8 Å². The van der Waals surface area contributed by atoms with E-state index in [4.69, 9.17) is 4.42 Å². The first-order valence-electron chi connectivity index (χ1n) is 7.31. The van der Waals surface area contributed by atoms with Crippen LogP contribution in [0.1, 0.15) is 24.2 Å². The third-order valence-corrected chi connectivity index (χ3v) is 3.57. The number of carbonyl (C=O) groups is 1. The summed E-state index contributed by atoms with van der Waals surface area (Å²) in [6.45, 7) is 3.99. The van der Waals surface area contributed by atoms with E-state index in [1.54, 1.807) is 6.20 Å². The Kier molecular flexibility index (Phi) is 4.06. The Bertz CT molecular complexity index is 613. The Hall–Kier alpha value is -2.08. The fraction of sp³-hybridized carbons (Fsp3) is 0.467. The van der Waals surface area contributed by atoms with Crippen molar-refractivity contribution in [1.29, 1.82) is 0 Å². The fourth-order valence-electron chi connectivity index (χ4n) is 2.21. The highest BCUT2D eigenvalue weighted by Gasteiger charge is 2.28. The van der Waals surface area contributed by atoms with Gasteiger partial charge in [-0.2, -0.15) is 5.10 Å². The summed E-state index contributed by atoms with van der Waals surface area (Å²) in [6.07, 6.45) is 3.88. The van der Waals surface area contributed by atoms with Gasteiger partial charge in [-0.05, 0) is 31.9 Å². The molecule has 2 aromatic rings. The predicted molar refractivity (Wildman–Crippen MR) is 78.5 cm³/mol. The van der Waals surface area contributed by atoms with Crippen molar-refractivity contribution in [3.05, 3.63) is 29.7 Å². The summed E-state index contributed by atoms with van der Waals surface area (Å²) in [7, 11) is 0. The maximum atomic E-state index is 11.5. The Morgan fingerprint density at radius 3 is 3.00 bits per heavy atom. The molecule has 6 nitrogen and oxygen atoms in total. The number of hydrogen-bond donors (Lipinski definition) is 3. The van der Waals surface area contributed by atoms with Crippen molar-refractivity contribution >= 4 is 5.91 Å². The first-order chi connectivity index (χ1) is 10.2. The summed E-state index contributed by atoms with van der Waals surface area (Å²) in [6, 6.07) is 3.86. The van der Waals surface area contributed by atoms with E-state index in [0.717, 1.165) is 42.2 Å². The molecule has 1 aliphatic carbocycles. The normalized spacial score (nSPS) is 14.3. The Morgan fingerprint density at radius 2 is 2.29 bits per heavy atom. The molecule has 0 aliphatic heterocycles. The third-order valence-electron chi connectivity index (χ3n) is 3.57. The van der Waals surface area contributed by atoms with Crippen LogP contribution in [0.3, 0.4) is 0 Å². The molecule has 0 aromatic carbocycles. The van der Waals surface area contributed by atoms with Gasteiger partial charge >= 0.3 is 0 Å². The number of aromatic amines is 1. The van der Waals surface area contributed by atoms with Gasteiger partial charge in [0, 0.05) is 31.1 Å².